The highest BCUT2D eigenvalue weighted by Gasteiger charge is 2.32. The van der Waals surface area contributed by atoms with Crippen molar-refractivity contribution in [2.75, 3.05) is 6.61 Å². The smallest absolute Gasteiger partial charge is 0.331 e. The minimum atomic E-state index is -0.688. The van der Waals surface area contributed by atoms with Crippen LogP contribution in [0, 0.1) is 0 Å². The summed E-state index contributed by atoms with van der Waals surface area (Å²) in [5, 5.41) is 1.12. The first-order valence-electron chi connectivity index (χ1n) is 5.49. The van der Waals surface area contributed by atoms with Gasteiger partial charge in [-0.1, -0.05) is 0 Å². The number of hydrogen-bond acceptors (Lipinski definition) is 4. The zero-order chi connectivity index (χ0) is 12.3. The molecule has 0 spiro atoms. The molecule has 0 aliphatic carbocycles. The monoisotopic (exact) mass is 229 g/mol. The van der Waals surface area contributed by atoms with E-state index in [0.29, 0.717) is 19.4 Å². The molecule has 5 nitrogen and oxygen atoms in total. The van der Waals surface area contributed by atoms with E-state index in [4.69, 9.17) is 9.57 Å². The van der Waals surface area contributed by atoms with Crippen molar-refractivity contribution in [3.8, 4) is 0 Å². The second kappa shape index (κ2) is 4.82. The van der Waals surface area contributed by atoms with Gasteiger partial charge in [0.25, 0.3) is 0 Å². The standard InChI is InChI=1S/C11H19NO4/c1-8(10(14)16-11(2,3)4)12-9(13)6-5-7-15-12/h8H,5-7H2,1-4H3. The van der Waals surface area contributed by atoms with Crippen LogP contribution < -0.4 is 0 Å². The third kappa shape index (κ3) is 3.48. The Morgan fingerprint density at radius 3 is 2.62 bits per heavy atom. The first-order chi connectivity index (χ1) is 7.31. The number of rotatable bonds is 2. The zero-order valence-corrected chi connectivity index (χ0v) is 10.3. The van der Waals surface area contributed by atoms with Gasteiger partial charge in [-0.05, 0) is 34.1 Å². The molecular formula is C11H19NO4. The number of hydroxylamine groups is 2. The van der Waals surface area contributed by atoms with E-state index < -0.39 is 17.6 Å². The van der Waals surface area contributed by atoms with Gasteiger partial charge in [-0.3, -0.25) is 9.63 Å². The molecule has 1 heterocycles. The summed E-state index contributed by atoms with van der Waals surface area (Å²) in [6.07, 6.45) is 1.13. The van der Waals surface area contributed by atoms with Gasteiger partial charge in [0.2, 0.25) is 5.91 Å². The normalized spacial score (nSPS) is 19.5. The van der Waals surface area contributed by atoms with E-state index in [1.807, 2.05) is 0 Å². The van der Waals surface area contributed by atoms with E-state index in [2.05, 4.69) is 0 Å². The number of amides is 1. The first kappa shape index (κ1) is 13.0. The molecule has 1 amide bonds. The second-order valence-electron chi connectivity index (χ2n) is 4.87. The van der Waals surface area contributed by atoms with Crippen LogP contribution in [0.25, 0.3) is 0 Å². The summed E-state index contributed by atoms with van der Waals surface area (Å²) in [7, 11) is 0. The number of carbonyl (C=O) groups is 2. The molecule has 0 aromatic rings. The predicted molar refractivity (Wildman–Crippen MR) is 57.3 cm³/mol. The zero-order valence-electron chi connectivity index (χ0n) is 10.3. The van der Waals surface area contributed by atoms with Crippen molar-refractivity contribution in [3.05, 3.63) is 0 Å². The molecule has 5 heteroatoms. The fraction of sp³-hybridized carbons (Fsp3) is 0.818. The molecule has 0 N–H and O–H groups in total. The lowest BCUT2D eigenvalue weighted by molar-refractivity contribution is -0.219. The summed E-state index contributed by atoms with van der Waals surface area (Å²) < 4.78 is 5.19. The van der Waals surface area contributed by atoms with Crippen LogP contribution in [0.5, 0.6) is 0 Å². The van der Waals surface area contributed by atoms with Crippen LogP contribution in [0.4, 0.5) is 0 Å². The van der Waals surface area contributed by atoms with E-state index in [1.165, 1.54) is 0 Å². The molecule has 0 aromatic carbocycles. The van der Waals surface area contributed by atoms with Crippen molar-refractivity contribution in [2.24, 2.45) is 0 Å². The number of hydrogen-bond donors (Lipinski definition) is 0. The van der Waals surface area contributed by atoms with Gasteiger partial charge in [0.1, 0.15) is 5.60 Å². The lowest BCUT2D eigenvalue weighted by atomic mass is 10.2. The van der Waals surface area contributed by atoms with Crippen molar-refractivity contribution in [1.82, 2.24) is 5.06 Å². The van der Waals surface area contributed by atoms with E-state index in [9.17, 15) is 9.59 Å². The Hall–Kier alpha value is -1.10. The highest BCUT2D eigenvalue weighted by Crippen LogP contribution is 2.15. The average Bonchev–Trinajstić information content (AvgIpc) is 2.15. The minimum Gasteiger partial charge on any atom is -0.458 e. The molecule has 1 aliphatic rings. The van der Waals surface area contributed by atoms with Gasteiger partial charge < -0.3 is 4.74 Å². The lowest BCUT2D eigenvalue weighted by Crippen LogP contribution is -2.47. The Kier molecular flexibility index (Phi) is 3.91. The summed E-state index contributed by atoms with van der Waals surface area (Å²) >= 11 is 0. The predicted octanol–water partition coefficient (Wildman–Crippen LogP) is 1.27. The molecule has 1 fully saturated rings. The third-order valence-electron chi connectivity index (χ3n) is 2.11. The fourth-order valence-electron chi connectivity index (χ4n) is 1.38. The molecule has 1 aliphatic heterocycles. The Morgan fingerprint density at radius 1 is 1.50 bits per heavy atom. The maximum atomic E-state index is 11.7. The molecule has 1 rings (SSSR count). The van der Waals surface area contributed by atoms with E-state index in [-0.39, 0.29) is 5.91 Å². The number of carbonyl (C=O) groups excluding carboxylic acids is 2. The Balaban J connectivity index is 2.59. The summed E-state index contributed by atoms with van der Waals surface area (Å²) in [5.74, 6) is -0.604. The van der Waals surface area contributed by atoms with Crippen molar-refractivity contribution >= 4 is 11.9 Å². The SMILES string of the molecule is CC(C(=O)OC(C)(C)C)N1OCCCC1=O. The number of nitrogens with zero attached hydrogens (tertiary/aromatic N) is 1. The molecule has 1 atom stereocenters. The molecule has 0 aromatic heterocycles. The van der Waals surface area contributed by atoms with Crippen LogP contribution >= 0.6 is 0 Å². The summed E-state index contributed by atoms with van der Waals surface area (Å²) in [6.45, 7) is 7.44. The number of esters is 1. The van der Waals surface area contributed by atoms with Crippen molar-refractivity contribution in [3.63, 3.8) is 0 Å². The summed E-state index contributed by atoms with van der Waals surface area (Å²) in [4.78, 5) is 28.4. The van der Waals surface area contributed by atoms with Crippen LogP contribution in [-0.2, 0) is 19.2 Å². The van der Waals surface area contributed by atoms with Crippen molar-refractivity contribution < 1.29 is 19.2 Å². The van der Waals surface area contributed by atoms with Crippen LogP contribution in [0.1, 0.15) is 40.5 Å². The van der Waals surface area contributed by atoms with E-state index in [1.54, 1.807) is 27.7 Å². The maximum absolute atomic E-state index is 11.7. The average molecular weight is 229 g/mol. The Bertz CT molecular complexity index is 282. The fourth-order valence-corrected chi connectivity index (χ4v) is 1.38. The molecule has 1 saturated heterocycles. The second-order valence-corrected chi connectivity index (χ2v) is 4.87. The van der Waals surface area contributed by atoms with Crippen molar-refractivity contribution in [1.29, 1.82) is 0 Å². The maximum Gasteiger partial charge on any atom is 0.331 e. The van der Waals surface area contributed by atoms with E-state index in [0.717, 1.165) is 5.06 Å². The highest BCUT2D eigenvalue weighted by molar-refractivity contribution is 5.83. The Labute approximate surface area is 95.6 Å². The first-order valence-corrected chi connectivity index (χ1v) is 5.49. The molecule has 0 saturated carbocycles. The van der Waals surface area contributed by atoms with Gasteiger partial charge in [0.15, 0.2) is 6.04 Å². The lowest BCUT2D eigenvalue weighted by Gasteiger charge is -2.31. The molecule has 92 valence electrons. The molecule has 0 bridgehead atoms. The van der Waals surface area contributed by atoms with Crippen LogP contribution in [0.3, 0.4) is 0 Å². The van der Waals surface area contributed by atoms with Crippen LogP contribution in [-0.4, -0.2) is 35.2 Å². The van der Waals surface area contributed by atoms with Crippen LogP contribution in [0.2, 0.25) is 0 Å². The molecule has 0 radical (unpaired) electrons. The van der Waals surface area contributed by atoms with Crippen molar-refractivity contribution in [2.45, 2.75) is 52.2 Å². The summed E-state index contributed by atoms with van der Waals surface area (Å²) in [6, 6.07) is -0.688. The van der Waals surface area contributed by atoms with Gasteiger partial charge in [0.05, 0.1) is 6.61 Å². The molecule has 16 heavy (non-hydrogen) atoms. The van der Waals surface area contributed by atoms with Gasteiger partial charge in [-0.25, -0.2) is 9.86 Å². The topological polar surface area (TPSA) is 55.8 Å². The number of ether oxygens (including phenoxy) is 1. The largest absolute Gasteiger partial charge is 0.458 e. The van der Waals surface area contributed by atoms with Crippen LogP contribution in [0.15, 0.2) is 0 Å². The highest BCUT2D eigenvalue weighted by atomic mass is 16.7. The van der Waals surface area contributed by atoms with Gasteiger partial charge in [0, 0.05) is 6.42 Å². The van der Waals surface area contributed by atoms with Gasteiger partial charge in [-0.2, -0.15) is 0 Å². The minimum absolute atomic E-state index is 0.162. The third-order valence-corrected chi connectivity index (χ3v) is 2.11. The summed E-state index contributed by atoms with van der Waals surface area (Å²) in [5.41, 5.74) is -0.551. The van der Waals surface area contributed by atoms with Gasteiger partial charge >= 0.3 is 5.97 Å². The Morgan fingerprint density at radius 2 is 2.12 bits per heavy atom. The van der Waals surface area contributed by atoms with Gasteiger partial charge in [-0.15, -0.1) is 0 Å². The molecule has 1 unspecified atom stereocenters. The van der Waals surface area contributed by atoms with E-state index >= 15 is 0 Å². The quantitative estimate of drug-likeness (QED) is 0.669. The molecular weight excluding hydrogens is 210 g/mol.